The molecule has 2 aromatic rings. The fourth-order valence-corrected chi connectivity index (χ4v) is 2.43. The molecule has 0 bridgehead atoms. The van der Waals surface area contributed by atoms with Crippen LogP contribution < -0.4 is 0 Å². The molecule has 1 aromatic carbocycles. The van der Waals surface area contributed by atoms with Crippen LogP contribution in [0.1, 0.15) is 23.7 Å². The van der Waals surface area contributed by atoms with Crippen LogP contribution in [0.5, 0.6) is 0 Å². The van der Waals surface area contributed by atoms with Gasteiger partial charge in [0.25, 0.3) is 5.91 Å². The van der Waals surface area contributed by atoms with Crippen LogP contribution in [0, 0.1) is 0 Å². The Morgan fingerprint density at radius 3 is 2.94 bits per heavy atom. The molecule has 1 aromatic heterocycles. The Hall–Kier alpha value is -1.81. The smallest absolute Gasteiger partial charge is 0.257 e. The van der Waals surface area contributed by atoms with Crippen molar-refractivity contribution in [3.05, 3.63) is 36.1 Å². The van der Waals surface area contributed by atoms with Crippen molar-refractivity contribution in [2.24, 2.45) is 0 Å². The number of carbonyl (C=O) groups is 1. The van der Waals surface area contributed by atoms with Crippen LogP contribution in [-0.2, 0) is 0 Å². The average molecular weight is 245 g/mol. The van der Waals surface area contributed by atoms with Gasteiger partial charge in [-0.1, -0.05) is 18.2 Å². The van der Waals surface area contributed by atoms with Gasteiger partial charge in [0.2, 0.25) is 0 Å². The van der Waals surface area contributed by atoms with E-state index < -0.39 is 5.60 Å². The third-order valence-corrected chi connectivity index (χ3v) is 3.45. The largest absolute Gasteiger partial charge is 0.463 e. The molecule has 1 aliphatic rings. The summed E-state index contributed by atoms with van der Waals surface area (Å²) in [6.07, 6.45) is 2.12. The van der Waals surface area contributed by atoms with Crippen molar-refractivity contribution < 1.29 is 14.3 Å². The fourth-order valence-electron chi connectivity index (χ4n) is 2.43. The lowest BCUT2D eigenvalue weighted by Gasteiger charge is -2.18. The van der Waals surface area contributed by atoms with Crippen LogP contribution in [0.25, 0.3) is 11.0 Å². The average Bonchev–Trinajstić information content (AvgIpc) is 2.91. The third-order valence-electron chi connectivity index (χ3n) is 3.45. The first-order valence-electron chi connectivity index (χ1n) is 6.05. The number of hydrogen-bond acceptors (Lipinski definition) is 3. The van der Waals surface area contributed by atoms with Gasteiger partial charge >= 0.3 is 0 Å². The van der Waals surface area contributed by atoms with E-state index in [2.05, 4.69) is 0 Å². The molecule has 1 N–H and O–H groups in total. The van der Waals surface area contributed by atoms with Crippen LogP contribution >= 0.6 is 0 Å². The molecular formula is C14H15NO3. The predicted molar refractivity (Wildman–Crippen MR) is 67.4 cm³/mol. The van der Waals surface area contributed by atoms with Crippen LogP contribution in [-0.4, -0.2) is 34.6 Å². The highest BCUT2D eigenvalue weighted by Crippen LogP contribution is 2.26. The molecule has 4 nitrogen and oxygen atoms in total. The number of para-hydroxylation sites is 1. The summed E-state index contributed by atoms with van der Waals surface area (Å²) in [5, 5.41) is 10.7. The van der Waals surface area contributed by atoms with Gasteiger partial charge in [0.15, 0.2) is 0 Å². The number of aliphatic hydroxyl groups is 1. The summed E-state index contributed by atoms with van der Waals surface area (Å²) in [4.78, 5) is 14.0. The lowest BCUT2D eigenvalue weighted by molar-refractivity contribution is 0.0572. The number of amides is 1. The van der Waals surface area contributed by atoms with E-state index >= 15 is 0 Å². The second-order valence-corrected chi connectivity index (χ2v) is 5.12. The van der Waals surface area contributed by atoms with E-state index in [1.54, 1.807) is 11.8 Å². The molecule has 1 fully saturated rings. The molecule has 2 heterocycles. The second-order valence-electron chi connectivity index (χ2n) is 5.12. The topological polar surface area (TPSA) is 53.7 Å². The minimum atomic E-state index is -0.769. The Labute approximate surface area is 105 Å². The van der Waals surface area contributed by atoms with Gasteiger partial charge in [-0.15, -0.1) is 0 Å². The fraction of sp³-hybridized carbons (Fsp3) is 0.357. The van der Waals surface area contributed by atoms with Gasteiger partial charge < -0.3 is 14.4 Å². The minimum Gasteiger partial charge on any atom is -0.463 e. The lowest BCUT2D eigenvalue weighted by atomic mass is 10.1. The summed E-state index contributed by atoms with van der Waals surface area (Å²) < 4.78 is 5.37. The Bertz CT molecular complexity index is 600. The number of carbonyl (C=O) groups excluding carboxylic acids is 1. The maximum Gasteiger partial charge on any atom is 0.257 e. The van der Waals surface area contributed by atoms with Gasteiger partial charge in [0.1, 0.15) is 11.8 Å². The van der Waals surface area contributed by atoms with E-state index in [9.17, 15) is 9.90 Å². The first kappa shape index (κ1) is 11.3. The standard InChI is InChI=1S/C14H15NO3/c1-14(17)6-7-15(9-14)13(16)11-8-18-12-5-3-2-4-10(11)12/h2-5,8,17H,6-7,9H2,1H3. The minimum absolute atomic E-state index is 0.0716. The van der Waals surface area contributed by atoms with Crippen LogP contribution in [0.2, 0.25) is 0 Å². The SMILES string of the molecule is CC1(O)CCN(C(=O)c2coc3ccccc23)C1. The van der Waals surface area contributed by atoms with Crippen molar-refractivity contribution >= 4 is 16.9 Å². The monoisotopic (exact) mass is 245 g/mol. The molecule has 3 rings (SSSR count). The first-order valence-corrected chi connectivity index (χ1v) is 6.05. The Morgan fingerprint density at radius 2 is 2.22 bits per heavy atom. The molecule has 4 heteroatoms. The summed E-state index contributed by atoms with van der Waals surface area (Å²) in [6.45, 7) is 2.73. The zero-order valence-electron chi connectivity index (χ0n) is 10.2. The number of hydrogen-bond donors (Lipinski definition) is 1. The number of β-amino-alcohol motifs (C(OH)–C–C–N with tert-alkyl or cyclic N) is 1. The van der Waals surface area contributed by atoms with Crippen LogP contribution in [0.3, 0.4) is 0 Å². The molecular weight excluding hydrogens is 230 g/mol. The highest BCUT2D eigenvalue weighted by Gasteiger charge is 2.35. The van der Waals surface area contributed by atoms with E-state index in [1.807, 2.05) is 24.3 Å². The number of rotatable bonds is 1. The second kappa shape index (κ2) is 3.85. The van der Waals surface area contributed by atoms with Crippen molar-refractivity contribution in [2.75, 3.05) is 13.1 Å². The molecule has 1 atom stereocenters. The van der Waals surface area contributed by atoms with Gasteiger partial charge in [0, 0.05) is 18.5 Å². The van der Waals surface area contributed by atoms with E-state index in [-0.39, 0.29) is 5.91 Å². The maximum absolute atomic E-state index is 12.4. The van der Waals surface area contributed by atoms with E-state index in [1.165, 1.54) is 6.26 Å². The van der Waals surface area contributed by atoms with Crippen LogP contribution in [0.4, 0.5) is 0 Å². The van der Waals surface area contributed by atoms with Crippen molar-refractivity contribution in [3.63, 3.8) is 0 Å². The predicted octanol–water partition coefficient (Wildman–Crippen LogP) is 2.03. The molecule has 0 radical (unpaired) electrons. The van der Waals surface area contributed by atoms with Crippen molar-refractivity contribution in [3.8, 4) is 0 Å². The summed E-state index contributed by atoms with van der Waals surface area (Å²) >= 11 is 0. The quantitative estimate of drug-likeness (QED) is 0.836. The number of furan rings is 1. The lowest BCUT2D eigenvalue weighted by Crippen LogP contribution is -2.33. The van der Waals surface area contributed by atoms with Crippen molar-refractivity contribution in [2.45, 2.75) is 18.9 Å². The van der Waals surface area contributed by atoms with Crippen molar-refractivity contribution in [1.29, 1.82) is 0 Å². The van der Waals surface area contributed by atoms with Gasteiger partial charge in [-0.2, -0.15) is 0 Å². The molecule has 1 amide bonds. The zero-order chi connectivity index (χ0) is 12.8. The van der Waals surface area contributed by atoms with Crippen LogP contribution in [0.15, 0.2) is 34.9 Å². The number of likely N-dealkylation sites (tertiary alicyclic amines) is 1. The molecule has 0 saturated carbocycles. The van der Waals surface area contributed by atoms with E-state index in [0.717, 1.165) is 5.39 Å². The molecule has 1 unspecified atom stereocenters. The van der Waals surface area contributed by atoms with E-state index in [0.29, 0.717) is 30.7 Å². The van der Waals surface area contributed by atoms with Gasteiger partial charge in [0.05, 0.1) is 11.2 Å². The molecule has 0 spiro atoms. The molecule has 94 valence electrons. The summed E-state index contributed by atoms with van der Waals surface area (Å²) in [5.41, 5.74) is 0.518. The zero-order valence-corrected chi connectivity index (χ0v) is 10.2. The molecule has 0 aliphatic carbocycles. The number of nitrogens with zero attached hydrogens (tertiary/aromatic N) is 1. The Balaban J connectivity index is 1.93. The van der Waals surface area contributed by atoms with Gasteiger partial charge in [-0.25, -0.2) is 0 Å². The molecule has 18 heavy (non-hydrogen) atoms. The normalized spacial score (nSPS) is 23.8. The highest BCUT2D eigenvalue weighted by atomic mass is 16.3. The third kappa shape index (κ3) is 1.78. The maximum atomic E-state index is 12.4. The van der Waals surface area contributed by atoms with Gasteiger partial charge in [-0.05, 0) is 19.4 Å². The Morgan fingerprint density at radius 1 is 1.44 bits per heavy atom. The Kier molecular flexibility index (Phi) is 2.41. The summed E-state index contributed by atoms with van der Waals surface area (Å²) in [5.74, 6) is -0.0716. The highest BCUT2D eigenvalue weighted by molar-refractivity contribution is 6.06. The molecule has 1 saturated heterocycles. The summed E-state index contributed by atoms with van der Waals surface area (Å²) in [6, 6.07) is 7.47. The summed E-state index contributed by atoms with van der Waals surface area (Å²) in [7, 11) is 0. The number of benzene rings is 1. The first-order chi connectivity index (χ1) is 8.57. The van der Waals surface area contributed by atoms with Crippen molar-refractivity contribution in [1.82, 2.24) is 4.90 Å². The van der Waals surface area contributed by atoms with E-state index in [4.69, 9.17) is 4.42 Å². The molecule has 1 aliphatic heterocycles. The van der Waals surface area contributed by atoms with Gasteiger partial charge in [-0.3, -0.25) is 4.79 Å². The number of fused-ring (bicyclic) bond motifs is 1.